The number of rotatable bonds is 9. The lowest BCUT2D eigenvalue weighted by Gasteiger charge is -2.05. The summed E-state index contributed by atoms with van der Waals surface area (Å²) < 4.78 is 0. The fourth-order valence-corrected chi connectivity index (χ4v) is 3.73. The number of carboxylic acid groups (broad SMARTS) is 1. The number of benzene rings is 1. The van der Waals surface area contributed by atoms with E-state index in [2.05, 4.69) is 25.8 Å². The van der Waals surface area contributed by atoms with E-state index in [1.807, 2.05) is 39.0 Å². The minimum absolute atomic E-state index is 0.143. The summed E-state index contributed by atoms with van der Waals surface area (Å²) in [5.41, 5.74) is 5.29. The van der Waals surface area contributed by atoms with Crippen LogP contribution in [0.1, 0.15) is 64.1 Å². The number of aliphatic carboxylic acids is 1. The lowest BCUT2D eigenvalue weighted by molar-refractivity contribution is -0.137. The monoisotopic (exact) mass is 437 g/mol. The standard InChI is InChI=1S/C23H27N5O4/c1-13-8-7-9-16-19(13)21(23(32)27-16)28-25-12-17-14(2)20(15(3)26-17)22(31)24-11-6-4-5-10-18(29)30/h7-9,12,26H,4-6,10-11H2,1-3H3,(H,24,31)(H,29,30)(H,27,28,32). The van der Waals surface area contributed by atoms with Gasteiger partial charge in [0.25, 0.3) is 11.8 Å². The van der Waals surface area contributed by atoms with E-state index < -0.39 is 5.97 Å². The second-order valence-electron chi connectivity index (χ2n) is 7.77. The molecule has 2 heterocycles. The number of carbonyl (C=O) groups excluding carboxylic acids is 2. The van der Waals surface area contributed by atoms with Gasteiger partial charge in [0, 0.05) is 24.2 Å². The van der Waals surface area contributed by atoms with Gasteiger partial charge in [0.05, 0.1) is 23.2 Å². The molecule has 0 saturated heterocycles. The average Bonchev–Trinajstić information content (AvgIpc) is 3.20. The zero-order valence-electron chi connectivity index (χ0n) is 18.4. The number of fused-ring (bicyclic) bond motifs is 1. The van der Waals surface area contributed by atoms with Crippen molar-refractivity contribution in [1.29, 1.82) is 0 Å². The largest absolute Gasteiger partial charge is 0.481 e. The van der Waals surface area contributed by atoms with Crippen LogP contribution in [0.15, 0.2) is 28.4 Å². The minimum Gasteiger partial charge on any atom is -0.481 e. The van der Waals surface area contributed by atoms with Crippen LogP contribution in [0.4, 0.5) is 5.69 Å². The SMILES string of the molecule is Cc1cccc2c1C(=NN=Cc1[nH]c(C)c(C(=O)NCCCCCC(=O)O)c1C)C(=O)N2. The zero-order valence-corrected chi connectivity index (χ0v) is 18.4. The van der Waals surface area contributed by atoms with Crippen molar-refractivity contribution in [2.24, 2.45) is 10.2 Å². The van der Waals surface area contributed by atoms with Gasteiger partial charge < -0.3 is 20.7 Å². The highest BCUT2D eigenvalue weighted by Gasteiger charge is 2.27. The fourth-order valence-electron chi connectivity index (χ4n) is 3.73. The molecule has 1 aliphatic rings. The Hall–Kier alpha value is -3.75. The molecule has 32 heavy (non-hydrogen) atoms. The van der Waals surface area contributed by atoms with Crippen LogP contribution in [-0.2, 0) is 9.59 Å². The maximum Gasteiger partial charge on any atom is 0.303 e. The summed E-state index contributed by atoms with van der Waals surface area (Å²) >= 11 is 0. The maximum absolute atomic E-state index is 12.6. The topological polar surface area (TPSA) is 136 Å². The van der Waals surface area contributed by atoms with E-state index in [0.29, 0.717) is 29.9 Å². The van der Waals surface area contributed by atoms with Gasteiger partial charge in [0.15, 0.2) is 5.71 Å². The predicted molar refractivity (Wildman–Crippen MR) is 123 cm³/mol. The van der Waals surface area contributed by atoms with Crippen LogP contribution in [0.25, 0.3) is 0 Å². The number of hydrogen-bond donors (Lipinski definition) is 4. The minimum atomic E-state index is -0.806. The van der Waals surface area contributed by atoms with Crippen molar-refractivity contribution in [3.8, 4) is 0 Å². The van der Waals surface area contributed by atoms with Crippen molar-refractivity contribution in [3.63, 3.8) is 0 Å². The summed E-state index contributed by atoms with van der Waals surface area (Å²) in [5.74, 6) is -1.30. The molecule has 0 atom stereocenters. The number of carboxylic acids is 1. The highest BCUT2D eigenvalue weighted by molar-refractivity contribution is 6.54. The molecule has 0 fully saturated rings. The summed E-state index contributed by atoms with van der Waals surface area (Å²) in [6, 6.07) is 5.60. The Balaban J connectivity index is 1.66. The Labute approximate surface area is 186 Å². The third-order valence-corrected chi connectivity index (χ3v) is 5.37. The van der Waals surface area contributed by atoms with Crippen LogP contribution in [0, 0.1) is 20.8 Å². The molecular formula is C23H27N5O4. The molecule has 1 aromatic carbocycles. The van der Waals surface area contributed by atoms with Crippen LogP contribution < -0.4 is 10.6 Å². The van der Waals surface area contributed by atoms with Crippen molar-refractivity contribution in [1.82, 2.24) is 10.3 Å². The molecule has 0 aliphatic carbocycles. The zero-order chi connectivity index (χ0) is 23.3. The summed E-state index contributed by atoms with van der Waals surface area (Å²) in [6.07, 6.45) is 3.70. The molecule has 3 rings (SSSR count). The Kier molecular flexibility index (Phi) is 7.19. The smallest absolute Gasteiger partial charge is 0.303 e. The molecule has 0 saturated carbocycles. The molecule has 2 amide bonds. The molecule has 2 aromatic rings. The van der Waals surface area contributed by atoms with E-state index in [1.54, 1.807) is 0 Å². The van der Waals surface area contributed by atoms with Gasteiger partial charge in [-0.3, -0.25) is 14.4 Å². The fraction of sp³-hybridized carbons (Fsp3) is 0.348. The number of hydrogen-bond acceptors (Lipinski definition) is 5. The molecule has 168 valence electrons. The molecule has 0 bridgehead atoms. The lowest BCUT2D eigenvalue weighted by atomic mass is 10.1. The van der Waals surface area contributed by atoms with Gasteiger partial charge in [-0.15, -0.1) is 5.10 Å². The van der Waals surface area contributed by atoms with Crippen molar-refractivity contribution >= 4 is 35.4 Å². The molecule has 0 unspecified atom stereocenters. The number of anilines is 1. The molecule has 1 aliphatic heterocycles. The van der Waals surface area contributed by atoms with Crippen LogP contribution in [0.3, 0.4) is 0 Å². The first-order chi connectivity index (χ1) is 15.3. The second kappa shape index (κ2) is 10.0. The van der Waals surface area contributed by atoms with Crippen LogP contribution >= 0.6 is 0 Å². The van der Waals surface area contributed by atoms with Gasteiger partial charge in [-0.2, -0.15) is 5.10 Å². The van der Waals surface area contributed by atoms with Crippen molar-refractivity contribution < 1.29 is 19.5 Å². The molecule has 1 aromatic heterocycles. The summed E-state index contributed by atoms with van der Waals surface area (Å²) in [5, 5.41) is 22.5. The quantitative estimate of drug-likeness (QED) is 0.272. The number of nitrogens with one attached hydrogen (secondary N) is 3. The van der Waals surface area contributed by atoms with Gasteiger partial charge in [-0.1, -0.05) is 18.6 Å². The number of amides is 2. The first kappa shape index (κ1) is 22.9. The Morgan fingerprint density at radius 2 is 1.94 bits per heavy atom. The van der Waals surface area contributed by atoms with Gasteiger partial charge in [0.1, 0.15) is 0 Å². The number of aromatic nitrogens is 1. The van der Waals surface area contributed by atoms with E-state index in [1.165, 1.54) is 6.21 Å². The molecule has 0 radical (unpaired) electrons. The van der Waals surface area contributed by atoms with E-state index in [-0.39, 0.29) is 23.9 Å². The number of aromatic amines is 1. The second-order valence-corrected chi connectivity index (χ2v) is 7.77. The van der Waals surface area contributed by atoms with Crippen LogP contribution in [0.5, 0.6) is 0 Å². The molecule has 0 spiro atoms. The van der Waals surface area contributed by atoms with E-state index in [4.69, 9.17) is 5.11 Å². The third kappa shape index (κ3) is 5.11. The van der Waals surface area contributed by atoms with E-state index in [9.17, 15) is 14.4 Å². The Morgan fingerprint density at radius 1 is 1.16 bits per heavy atom. The Bertz CT molecular complexity index is 1110. The van der Waals surface area contributed by atoms with Crippen LogP contribution in [0.2, 0.25) is 0 Å². The number of aryl methyl sites for hydroxylation is 2. The highest BCUT2D eigenvalue weighted by atomic mass is 16.4. The number of unbranched alkanes of at least 4 members (excludes halogenated alkanes) is 2. The van der Waals surface area contributed by atoms with Gasteiger partial charge >= 0.3 is 5.97 Å². The van der Waals surface area contributed by atoms with Crippen molar-refractivity contribution in [2.75, 3.05) is 11.9 Å². The number of H-pyrrole nitrogens is 1. The molecule has 9 nitrogen and oxygen atoms in total. The lowest BCUT2D eigenvalue weighted by Crippen LogP contribution is -2.25. The van der Waals surface area contributed by atoms with E-state index in [0.717, 1.165) is 35.2 Å². The normalized spacial score (nSPS) is 14.1. The van der Waals surface area contributed by atoms with E-state index >= 15 is 0 Å². The van der Waals surface area contributed by atoms with Gasteiger partial charge in [-0.25, -0.2) is 0 Å². The number of nitrogens with zero attached hydrogens (tertiary/aromatic N) is 2. The Morgan fingerprint density at radius 3 is 2.69 bits per heavy atom. The predicted octanol–water partition coefficient (Wildman–Crippen LogP) is 3.09. The number of carbonyl (C=O) groups is 3. The maximum atomic E-state index is 12.6. The van der Waals surface area contributed by atoms with Gasteiger partial charge in [0.2, 0.25) is 0 Å². The van der Waals surface area contributed by atoms with Gasteiger partial charge in [-0.05, 0) is 50.8 Å². The molecule has 9 heteroatoms. The first-order valence-corrected chi connectivity index (χ1v) is 10.5. The summed E-state index contributed by atoms with van der Waals surface area (Å²) in [6.45, 7) is 6.02. The average molecular weight is 438 g/mol. The first-order valence-electron chi connectivity index (χ1n) is 10.5. The molecule has 4 N–H and O–H groups in total. The van der Waals surface area contributed by atoms with Crippen LogP contribution in [-0.4, -0.2) is 46.3 Å². The highest BCUT2D eigenvalue weighted by Crippen LogP contribution is 2.26. The van der Waals surface area contributed by atoms with Crippen molar-refractivity contribution in [3.05, 3.63) is 51.8 Å². The summed E-state index contributed by atoms with van der Waals surface area (Å²) in [4.78, 5) is 38.5. The molecular weight excluding hydrogens is 410 g/mol. The van der Waals surface area contributed by atoms with Crippen molar-refractivity contribution in [2.45, 2.75) is 46.5 Å². The third-order valence-electron chi connectivity index (χ3n) is 5.37. The summed E-state index contributed by atoms with van der Waals surface area (Å²) in [7, 11) is 0.